The standard InChI is InChI=1S/C12H14N2OS/c1-2-13-12(16)14-8-10-7-9-5-3-4-6-11(9)15-10/h3-7H,2,8H2,1H3,(H2,13,14,16). The van der Waals surface area contributed by atoms with Crippen LogP contribution in [0.4, 0.5) is 0 Å². The molecule has 1 aromatic carbocycles. The van der Waals surface area contributed by atoms with Gasteiger partial charge in [0, 0.05) is 11.9 Å². The topological polar surface area (TPSA) is 37.2 Å². The summed E-state index contributed by atoms with van der Waals surface area (Å²) in [5.74, 6) is 0.890. The van der Waals surface area contributed by atoms with Crippen molar-refractivity contribution in [3.05, 3.63) is 36.1 Å². The van der Waals surface area contributed by atoms with Crippen LogP contribution in [0.1, 0.15) is 12.7 Å². The van der Waals surface area contributed by atoms with E-state index in [1.165, 1.54) is 0 Å². The molecule has 0 aliphatic rings. The van der Waals surface area contributed by atoms with Crippen molar-refractivity contribution in [2.45, 2.75) is 13.5 Å². The molecular formula is C12H14N2OS. The van der Waals surface area contributed by atoms with Gasteiger partial charge in [0.15, 0.2) is 5.11 Å². The lowest BCUT2D eigenvalue weighted by molar-refractivity contribution is 0.540. The molecule has 2 N–H and O–H groups in total. The molecule has 0 aliphatic heterocycles. The molecule has 0 spiro atoms. The summed E-state index contributed by atoms with van der Waals surface area (Å²) in [6.07, 6.45) is 0. The number of hydrogen-bond acceptors (Lipinski definition) is 2. The number of furan rings is 1. The van der Waals surface area contributed by atoms with Gasteiger partial charge in [0.25, 0.3) is 0 Å². The lowest BCUT2D eigenvalue weighted by Crippen LogP contribution is -2.34. The van der Waals surface area contributed by atoms with Gasteiger partial charge in [0.05, 0.1) is 6.54 Å². The van der Waals surface area contributed by atoms with Crippen LogP contribution >= 0.6 is 12.2 Å². The van der Waals surface area contributed by atoms with Gasteiger partial charge in [-0.25, -0.2) is 0 Å². The summed E-state index contributed by atoms with van der Waals surface area (Å²) >= 11 is 5.07. The largest absolute Gasteiger partial charge is 0.459 e. The Morgan fingerprint density at radius 2 is 2.12 bits per heavy atom. The fraction of sp³-hybridized carbons (Fsp3) is 0.250. The van der Waals surface area contributed by atoms with Crippen LogP contribution in [0.2, 0.25) is 0 Å². The molecule has 16 heavy (non-hydrogen) atoms. The number of rotatable bonds is 3. The molecule has 0 saturated carbocycles. The maximum atomic E-state index is 5.65. The number of hydrogen-bond donors (Lipinski definition) is 2. The first-order valence-electron chi connectivity index (χ1n) is 5.28. The second-order valence-corrected chi connectivity index (χ2v) is 3.87. The van der Waals surface area contributed by atoms with Crippen LogP contribution in [0.3, 0.4) is 0 Å². The summed E-state index contributed by atoms with van der Waals surface area (Å²) in [7, 11) is 0. The van der Waals surface area contributed by atoms with Gasteiger partial charge < -0.3 is 15.1 Å². The highest BCUT2D eigenvalue weighted by molar-refractivity contribution is 7.80. The van der Waals surface area contributed by atoms with Crippen molar-refractivity contribution in [1.82, 2.24) is 10.6 Å². The molecule has 0 fully saturated rings. The van der Waals surface area contributed by atoms with Crippen molar-refractivity contribution >= 4 is 28.3 Å². The first-order chi connectivity index (χ1) is 7.79. The molecular weight excluding hydrogens is 220 g/mol. The Bertz CT molecular complexity index is 459. The Labute approximate surface area is 99.8 Å². The van der Waals surface area contributed by atoms with E-state index in [1.807, 2.05) is 37.3 Å². The highest BCUT2D eigenvalue weighted by atomic mass is 32.1. The van der Waals surface area contributed by atoms with Crippen LogP contribution in [-0.4, -0.2) is 11.7 Å². The molecule has 0 amide bonds. The SMILES string of the molecule is CCNC(=S)NCc1cc2ccccc2o1. The molecule has 3 nitrogen and oxygen atoms in total. The van der Waals surface area contributed by atoms with Crippen LogP contribution in [0.25, 0.3) is 11.0 Å². The van der Waals surface area contributed by atoms with Crippen molar-refractivity contribution in [1.29, 1.82) is 0 Å². The summed E-state index contributed by atoms with van der Waals surface area (Å²) < 4.78 is 5.65. The van der Waals surface area contributed by atoms with Crippen LogP contribution in [0.5, 0.6) is 0 Å². The molecule has 0 atom stereocenters. The van der Waals surface area contributed by atoms with E-state index in [1.54, 1.807) is 0 Å². The molecule has 1 heterocycles. The highest BCUT2D eigenvalue weighted by Crippen LogP contribution is 2.18. The number of fused-ring (bicyclic) bond motifs is 1. The maximum Gasteiger partial charge on any atom is 0.166 e. The van der Waals surface area contributed by atoms with Gasteiger partial charge in [-0.1, -0.05) is 18.2 Å². The quantitative estimate of drug-likeness (QED) is 0.800. The maximum absolute atomic E-state index is 5.65. The second kappa shape index (κ2) is 4.99. The van der Waals surface area contributed by atoms with Gasteiger partial charge in [-0.2, -0.15) is 0 Å². The molecule has 0 bridgehead atoms. The molecule has 1 aromatic heterocycles. The van der Waals surface area contributed by atoms with Crippen molar-refractivity contribution in [3.8, 4) is 0 Å². The number of benzene rings is 1. The number of nitrogens with one attached hydrogen (secondary N) is 2. The third kappa shape index (κ3) is 2.52. The smallest absolute Gasteiger partial charge is 0.166 e. The fourth-order valence-electron chi connectivity index (χ4n) is 1.51. The van der Waals surface area contributed by atoms with Crippen LogP contribution in [0.15, 0.2) is 34.7 Å². The lowest BCUT2D eigenvalue weighted by Gasteiger charge is -2.06. The van der Waals surface area contributed by atoms with E-state index in [9.17, 15) is 0 Å². The van der Waals surface area contributed by atoms with Gasteiger partial charge in [0.2, 0.25) is 0 Å². The molecule has 2 rings (SSSR count). The van der Waals surface area contributed by atoms with Crippen molar-refractivity contribution in [2.75, 3.05) is 6.54 Å². The Morgan fingerprint density at radius 3 is 2.88 bits per heavy atom. The zero-order valence-electron chi connectivity index (χ0n) is 9.12. The third-order valence-electron chi connectivity index (χ3n) is 2.24. The van der Waals surface area contributed by atoms with Crippen molar-refractivity contribution in [3.63, 3.8) is 0 Å². The minimum absolute atomic E-state index is 0.612. The second-order valence-electron chi connectivity index (χ2n) is 3.46. The molecule has 4 heteroatoms. The summed E-state index contributed by atoms with van der Waals surface area (Å²) in [5, 5.41) is 7.89. The zero-order chi connectivity index (χ0) is 11.4. The van der Waals surface area contributed by atoms with Crippen LogP contribution in [0, 0.1) is 0 Å². The predicted octanol–water partition coefficient (Wildman–Crippen LogP) is 2.42. The summed E-state index contributed by atoms with van der Waals surface area (Å²) in [4.78, 5) is 0. The minimum Gasteiger partial charge on any atom is -0.459 e. The number of thiocarbonyl (C=S) groups is 1. The Morgan fingerprint density at radius 1 is 1.31 bits per heavy atom. The molecule has 0 saturated heterocycles. The molecule has 0 radical (unpaired) electrons. The molecule has 0 unspecified atom stereocenters. The Balaban J connectivity index is 2.02. The normalized spacial score (nSPS) is 10.3. The van der Waals surface area contributed by atoms with Crippen LogP contribution in [-0.2, 0) is 6.54 Å². The van der Waals surface area contributed by atoms with E-state index in [2.05, 4.69) is 10.6 Å². The minimum atomic E-state index is 0.612. The number of para-hydroxylation sites is 1. The first kappa shape index (κ1) is 11.0. The van der Waals surface area contributed by atoms with Gasteiger partial charge in [0.1, 0.15) is 11.3 Å². The zero-order valence-corrected chi connectivity index (χ0v) is 9.93. The van der Waals surface area contributed by atoms with E-state index in [0.717, 1.165) is 23.3 Å². The van der Waals surface area contributed by atoms with Crippen molar-refractivity contribution in [2.24, 2.45) is 0 Å². The molecule has 2 aromatic rings. The Hall–Kier alpha value is -1.55. The van der Waals surface area contributed by atoms with E-state index in [4.69, 9.17) is 16.6 Å². The van der Waals surface area contributed by atoms with Gasteiger partial charge >= 0.3 is 0 Å². The third-order valence-corrected chi connectivity index (χ3v) is 2.53. The average molecular weight is 234 g/mol. The fourth-order valence-corrected chi connectivity index (χ4v) is 1.73. The summed E-state index contributed by atoms with van der Waals surface area (Å²) in [5.41, 5.74) is 0.911. The van der Waals surface area contributed by atoms with E-state index in [-0.39, 0.29) is 0 Å². The molecule has 84 valence electrons. The van der Waals surface area contributed by atoms with Crippen molar-refractivity contribution < 1.29 is 4.42 Å². The van der Waals surface area contributed by atoms with E-state index < -0.39 is 0 Å². The van der Waals surface area contributed by atoms with Gasteiger partial charge in [-0.05, 0) is 31.3 Å². The van der Waals surface area contributed by atoms with Gasteiger partial charge in [-0.15, -0.1) is 0 Å². The average Bonchev–Trinajstić information content (AvgIpc) is 2.69. The van der Waals surface area contributed by atoms with Crippen LogP contribution < -0.4 is 10.6 Å². The highest BCUT2D eigenvalue weighted by Gasteiger charge is 2.02. The van der Waals surface area contributed by atoms with E-state index in [0.29, 0.717) is 11.7 Å². The predicted molar refractivity (Wildman–Crippen MR) is 69.3 cm³/mol. The first-order valence-corrected chi connectivity index (χ1v) is 5.69. The Kier molecular flexibility index (Phi) is 3.41. The summed E-state index contributed by atoms with van der Waals surface area (Å²) in [6, 6.07) is 9.98. The monoisotopic (exact) mass is 234 g/mol. The summed E-state index contributed by atoms with van der Waals surface area (Å²) in [6.45, 7) is 3.45. The lowest BCUT2D eigenvalue weighted by atomic mass is 10.2. The molecule has 0 aliphatic carbocycles. The van der Waals surface area contributed by atoms with E-state index >= 15 is 0 Å². The van der Waals surface area contributed by atoms with Gasteiger partial charge in [-0.3, -0.25) is 0 Å².